The molecule has 0 atom stereocenters. The fourth-order valence-corrected chi connectivity index (χ4v) is 2.90. The molecule has 2 rings (SSSR count). The smallest absolute Gasteiger partial charge is 0.113 e. The van der Waals surface area contributed by atoms with Crippen LogP contribution in [0.25, 0.3) is 10.2 Å². The number of benzene rings is 1. The van der Waals surface area contributed by atoms with Gasteiger partial charge in [0.25, 0.3) is 0 Å². The number of halogens is 1. The highest BCUT2D eigenvalue weighted by Crippen LogP contribution is 2.31. The monoisotopic (exact) mass is 284 g/mol. The van der Waals surface area contributed by atoms with E-state index < -0.39 is 0 Å². The minimum absolute atomic E-state index is 0.0594. The molecule has 0 radical (unpaired) electrons. The third-order valence-corrected chi connectivity index (χ3v) is 4.35. The molecule has 1 aromatic carbocycles. The lowest BCUT2D eigenvalue weighted by molar-refractivity contribution is 0.443. The maximum absolute atomic E-state index is 4.63. The van der Waals surface area contributed by atoms with Crippen LogP contribution in [-0.4, -0.2) is 12.0 Å². The van der Waals surface area contributed by atoms with Crippen molar-refractivity contribution >= 4 is 37.5 Å². The molecule has 1 aromatic heterocycles. The predicted molar refractivity (Wildman–Crippen MR) is 69.4 cm³/mol. The topological polar surface area (TPSA) is 24.9 Å². The Hall–Kier alpha value is -0.450. The van der Waals surface area contributed by atoms with Gasteiger partial charge in [0.15, 0.2) is 0 Å². The predicted octanol–water partition coefficient (Wildman–Crippen LogP) is 3.51. The van der Waals surface area contributed by atoms with Crippen molar-refractivity contribution in [3.63, 3.8) is 0 Å². The Labute approximate surface area is 102 Å². The zero-order valence-corrected chi connectivity index (χ0v) is 11.4. The van der Waals surface area contributed by atoms with E-state index in [0.29, 0.717) is 0 Å². The summed E-state index contributed by atoms with van der Waals surface area (Å²) in [6.45, 7) is 4.28. The number of hydrogen-bond acceptors (Lipinski definition) is 3. The van der Waals surface area contributed by atoms with E-state index in [9.17, 15) is 0 Å². The molecule has 0 spiro atoms. The normalized spacial score (nSPS) is 12.3. The third kappa shape index (κ3) is 2.07. The molecule has 1 heterocycles. The van der Waals surface area contributed by atoms with Crippen LogP contribution in [0.15, 0.2) is 22.7 Å². The van der Waals surface area contributed by atoms with Crippen LogP contribution in [0.5, 0.6) is 0 Å². The summed E-state index contributed by atoms with van der Waals surface area (Å²) in [6.07, 6.45) is 0. The number of nitrogens with zero attached hydrogens (tertiary/aromatic N) is 1. The average Bonchev–Trinajstić information content (AvgIpc) is 2.61. The maximum atomic E-state index is 4.63. The van der Waals surface area contributed by atoms with Crippen LogP contribution in [0.1, 0.15) is 18.9 Å². The Balaban J connectivity index is 2.56. The highest BCUT2D eigenvalue weighted by atomic mass is 79.9. The number of rotatable bonds is 2. The van der Waals surface area contributed by atoms with E-state index >= 15 is 0 Å². The van der Waals surface area contributed by atoms with Crippen LogP contribution in [0.2, 0.25) is 0 Å². The first-order chi connectivity index (χ1) is 7.03. The van der Waals surface area contributed by atoms with Crippen molar-refractivity contribution in [2.75, 3.05) is 7.05 Å². The van der Waals surface area contributed by atoms with Gasteiger partial charge in [-0.3, -0.25) is 0 Å². The molecule has 0 unspecified atom stereocenters. The second kappa shape index (κ2) is 3.85. The molecule has 0 saturated heterocycles. The lowest BCUT2D eigenvalue weighted by atomic mass is 10.1. The van der Waals surface area contributed by atoms with Crippen molar-refractivity contribution in [2.24, 2.45) is 0 Å². The molecule has 2 nitrogen and oxygen atoms in total. The summed E-state index contributed by atoms with van der Waals surface area (Å²) in [7, 11) is 1.96. The zero-order valence-electron chi connectivity index (χ0n) is 8.97. The summed E-state index contributed by atoms with van der Waals surface area (Å²) >= 11 is 5.21. The van der Waals surface area contributed by atoms with Crippen molar-refractivity contribution in [2.45, 2.75) is 19.4 Å². The molecule has 15 heavy (non-hydrogen) atoms. The molecule has 0 amide bonds. The van der Waals surface area contributed by atoms with Crippen LogP contribution >= 0.6 is 27.3 Å². The van der Waals surface area contributed by atoms with Crippen molar-refractivity contribution in [3.8, 4) is 0 Å². The van der Waals surface area contributed by atoms with E-state index in [1.165, 1.54) is 4.70 Å². The van der Waals surface area contributed by atoms with Crippen LogP contribution in [0, 0.1) is 0 Å². The summed E-state index contributed by atoms with van der Waals surface area (Å²) in [5.74, 6) is 0. The fourth-order valence-electron chi connectivity index (χ4n) is 1.27. The van der Waals surface area contributed by atoms with Gasteiger partial charge >= 0.3 is 0 Å². The summed E-state index contributed by atoms with van der Waals surface area (Å²) in [4.78, 5) is 4.63. The standard InChI is InChI=1S/C11H13BrN2S/c1-11(2,13-3)10-14-8-5-4-7(12)6-9(8)15-10/h4-6,13H,1-3H3. The average molecular weight is 285 g/mol. The number of aromatic nitrogens is 1. The Morgan fingerprint density at radius 3 is 2.80 bits per heavy atom. The van der Waals surface area contributed by atoms with Gasteiger partial charge in [0.1, 0.15) is 5.01 Å². The molecular weight excluding hydrogens is 272 g/mol. The Morgan fingerprint density at radius 2 is 2.13 bits per heavy atom. The first kappa shape index (κ1) is 11.0. The highest BCUT2D eigenvalue weighted by molar-refractivity contribution is 9.10. The Bertz CT molecular complexity index is 490. The largest absolute Gasteiger partial charge is 0.309 e. The van der Waals surface area contributed by atoms with Gasteiger partial charge in [0.05, 0.1) is 15.8 Å². The number of fused-ring (bicyclic) bond motifs is 1. The van der Waals surface area contributed by atoms with Crippen LogP contribution in [-0.2, 0) is 5.54 Å². The van der Waals surface area contributed by atoms with Gasteiger partial charge in [0.2, 0.25) is 0 Å². The lowest BCUT2D eigenvalue weighted by Gasteiger charge is -2.20. The van der Waals surface area contributed by atoms with Crippen LogP contribution < -0.4 is 5.32 Å². The van der Waals surface area contributed by atoms with Gasteiger partial charge in [-0.2, -0.15) is 0 Å². The molecular formula is C11H13BrN2S. The summed E-state index contributed by atoms with van der Waals surface area (Å²) < 4.78 is 2.33. The second-order valence-electron chi connectivity index (χ2n) is 4.01. The van der Waals surface area contributed by atoms with Gasteiger partial charge in [-0.15, -0.1) is 11.3 Å². The summed E-state index contributed by atoms with van der Waals surface area (Å²) in [6, 6.07) is 6.19. The molecule has 0 fully saturated rings. The first-order valence-electron chi connectivity index (χ1n) is 4.78. The lowest BCUT2D eigenvalue weighted by Crippen LogP contribution is -2.32. The summed E-state index contributed by atoms with van der Waals surface area (Å²) in [5, 5.41) is 4.39. The molecule has 0 bridgehead atoms. The molecule has 4 heteroatoms. The third-order valence-electron chi connectivity index (χ3n) is 2.51. The minimum Gasteiger partial charge on any atom is -0.309 e. The number of hydrogen-bond donors (Lipinski definition) is 1. The molecule has 0 aliphatic heterocycles. The van der Waals surface area contributed by atoms with E-state index in [-0.39, 0.29) is 5.54 Å². The van der Waals surface area contributed by atoms with E-state index in [4.69, 9.17) is 0 Å². The molecule has 0 aliphatic rings. The number of thiazole rings is 1. The quantitative estimate of drug-likeness (QED) is 0.913. The molecule has 80 valence electrons. The Kier molecular flexibility index (Phi) is 2.83. The summed E-state index contributed by atoms with van der Waals surface area (Å²) in [5.41, 5.74) is 1.01. The van der Waals surface area contributed by atoms with Crippen molar-refractivity contribution in [1.82, 2.24) is 10.3 Å². The SMILES string of the molecule is CNC(C)(C)c1nc2ccc(Br)cc2s1. The zero-order chi connectivity index (χ0) is 11.1. The van der Waals surface area contributed by atoms with Crippen molar-refractivity contribution in [3.05, 3.63) is 27.7 Å². The van der Waals surface area contributed by atoms with E-state index in [1.807, 2.05) is 19.2 Å². The van der Waals surface area contributed by atoms with Crippen molar-refractivity contribution < 1.29 is 0 Å². The van der Waals surface area contributed by atoms with Crippen LogP contribution in [0.3, 0.4) is 0 Å². The highest BCUT2D eigenvalue weighted by Gasteiger charge is 2.22. The van der Waals surface area contributed by atoms with Crippen molar-refractivity contribution in [1.29, 1.82) is 0 Å². The van der Waals surface area contributed by atoms with Gasteiger partial charge in [-0.1, -0.05) is 15.9 Å². The molecule has 1 N–H and O–H groups in total. The van der Waals surface area contributed by atoms with E-state index in [0.717, 1.165) is 15.0 Å². The van der Waals surface area contributed by atoms with Crippen LogP contribution in [0.4, 0.5) is 0 Å². The van der Waals surface area contributed by atoms with E-state index in [2.05, 4.69) is 46.1 Å². The maximum Gasteiger partial charge on any atom is 0.113 e. The Morgan fingerprint density at radius 1 is 1.40 bits per heavy atom. The number of nitrogens with one attached hydrogen (secondary N) is 1. The molecule has 2 aromatic rings. The van der Waals surface area contributed by atoms with E-state index in [1.54, 1.807) is 11.3 Å². The molecule has 0 saturated carbocycles. The second-order valence-corrected chi connectivity index (χ2v) is 5.95. The molecule has 0 aliphatic carbocycles. The van der Waals surface area contributed by atoms with Gasteiger partial charge in [-0.25, -0.2) is 4.98 Å². The van der Waals surface area contributed by atoms with Gasteiger partial charge in [-0.05, 0) is 39.1 Å². The minimum atomic E-state index is -0.0594. The fraction of sp³-hybridized carbons (Fsp3) is 0.364. The van der Waals surface area contributed by atoms with Gasteiger partial charge in [0, 0.05) is 4.47 Å². The first-order valence-corrected chi connectivity index (χ1v) is 6.39. The van der Waals surface area contributed by atoms with Gasteiger partial charge < -0.3 is 5.32 Å².